The van der Waals surface area contributed by atoms with Gasteiger partial charge in [-0.25, -0.2) is 0 Å². The van der Waals surface area contributed by atoms with Gasteiger partial charge in [0, 0.05) is 25.3 Å². The summed E-state index contributed by atoms with van der Waals surface area (Å²) in [5.41, 5.74) is 1.73. The van der Waals surface area contributed by atoms with Crippen molar-refractivity contribution in [1.82, 2.24) is 9.47 Å². The van der Waals surface area contributed by atoms with Gasteiger partial charge in [-0.2, -0.15) is 0 Å². The maximum absolute atomic E-state index is 12.8. The molecule has 0 saturated carbocycles. The molecule has 0 spiro atoms. The van der Waals surface area contributed by atoms with E-state index in [0.29, 0.717) is 13.1 Å². The molecule has 1 atom stereocenters. The zero-order chi connectivity index (χ0) is 17.1. The highest BCUT2D eigenvalue weighted by molar-refractivity contribution is 5.92. The van der Waals surface area contributed by atoms with Crippen molar-refractivity contribution in [3.05, 3.63) is 59.9 Å². The lowest BCUT2D eigenvalue weighted by Crippen LogP contribution is -2.40. The lowest BCUT2D eigenvalue weighted by Gasteiger charge is -2.34. The minimum absolute atomic E-state index is 0.0985. The van der Waals surface area contributed by atoms with Crippen LogP contribution in [0.5, 0.6) is 0 Å². The summed E-state index contributed by atoms with van der Waals surface area (Å²) in [6, 6.07) is 13.9. The van der Waals surface area contributed by atoms with E-state index in [9.17, 15) is 9.90 Å². The number of hydrogen-bond donors (Lipinski definition) is 1. The molecule has 1 aromatic heterocycles. The Labute approximate surface area is 143 Å². The van der Waals surface area contributed by atoms with Gasteiger partial charge in [-0.1, -0.05) is 30.3 Å². The number of benzene rings is 1. The average molecular weight is 326 g/mol. The van der Waals surface area contributed by atoms with Crippen molar-refractivity contribution in [2.45, 2.75) is 38.8 Å². The first-order valence-corrected chi connectivity index (χ1v) is 8.77. The van der Waals surface area contributed by atoms with Gasteiger partial charge >= 0.3 is 0 Å². The Morgan fingerprint density at radius 3 is 2.38 bits per heavy atom. The summed E-state index contributed by atoms with van der Waals surface area (Å²) in [5.74, 6) is 0.315. The third-order valence-electron chi connectivity index (χ3n) is 4.97. The molecule has 0 radical (unpaired) electrons. The molecule has 0 aliphatic carbocycles. The zero-order valence-corrected chi connectivity index (χ0v) is 14.4. The fourth-order valence-electron chi connectivity index (χ4n) is 3.53. The number of amides is 1. The van der Waals surface area contributed by atoms with Crippen LogP contribution >= 0.6 is 0 Å². The summed E-state index contributed by atoms with van der Waals surface area (Å²) in [7, 11) is 0. The van der Waals surface area contributed by atoms with Crippen molar-refractivity contribution in [3.8, 4) is 0 Å². The maximum atomic E-state index is 12.8. The van der Waals surface area contributed by atoms with Crippen LogP contribution in [0.1, 0.15) is 54.9 Å². The quantitative estimate of drug-likeness (QED) is 0.932. The standard InChI is InChI=1S/C20H26N2O2/c1-15(2)22-12-6-9-18(22)20(24)21-13-10-17(11-14-21)19(23)16-7-4-3-5-8-16/h3-9,12,15,17,19,23H,10-11,13-14H2,1-2H3. The van der Waals surface area contributed by atoms with Crippen molar-refractivity contribution in [2.24, 2.45) is 5.92 Å². The molecule has 2 aromatic rings. The van der Waals surface area contributed by atoms with Gasteiger partial charge in [-0.05, 0) is 50.3 Å². The second kappa shape index (κ2) is 7.22. The summed E-state index contributed by atoms with van der Waals surface area (Å²) < 4.78 is 2.02. The largest absolute Gasteiger partial charge is 0.388 e. The number of rotatable bonds is 4. The Balaban J connectivity index is 1.63. The lowest BCUT2D eigenvalue weighted by molar-refractivity contribution is 0.0454. The first-order valence-electron chi connectivity index (χ1n) is 8.77. The number of carbonyl (C=O) groups excluding carboxylic acids is 1. The maximum Gasteiger partial charge on any atom is 0.270 e. The molecule has 1 saturated heterocycles. The van der Waals surface area contributed by atoms with Crippen LogP contribution in [0.3, 0.4) is 0 Å². The minimum Gasteiger partial charge on any atom is -0.388 e. The second-order valence-electron chi connectivity index (χ2n) is 6.88. The number of aliphatic hydroxyl groups is 1. The first kappa shape index (κ1) is 16.8. The van der Waals surface area contributed by atoms with Crippen molar-refractivity contribution < 1.29 is 9.90 Å². The van der Waals surface area contributed by atoms with Gasteiger partial charge in [0.1, 0.15) is 5.69 Å². The Kier molecular flexibility index (Phi) is 5.05. The van der Waals surface area contributed by atoms with Gasteiger partial charge < -0.3 is 14.6 Å². The van der Waals surface area contributed by atoms with E-state index in [1.807, 2.05) is 58.1 Å². The van der Waals surface area contributed by atoms with E-state index in [0.717, 1.165) is 24.1 Å². The van der Waals surface area contributed by atoms with Crippen LogP contribution in [0, 0.1) is 5.92 Å². The molecule has 0 bridgehead atoms. The number of piperidine rings is 1. The van der Waals surface area contributed by atoms with E-state index < -0.39 is 6.10 Å². The number of aliphatic hydroxyl groups excluding tert-OH is 1. The number of nitrogens with zero attached hydrogens (tertiary/aromatic N) is 2. The predicted octanol–water partition coefficient (Wildman–Crippen LogP) is 3.65. The summed E-state index contributed by atoms with van der Waals surface area (Å²) in [6.45, 7) is 5.58. The van der Waals surface area contributed by atoms with Crippen molar-refractivity contribution in [1.29, 1.82) is 0 Å². The summed E-state index contributed by atoms with van der Waals surface area (Å²) >= 11 is 0. The molecule has 128 valence electrons. The van der Waals surface area contributed by atoms with E-state index >= 15 is 0 Å². The number of hydrogen-bond acceptors (Lipinski definition) is 2. The van der Waals surface area contributed by atoms with Gasteiger partial charge in [0.25, 0.3) is 5.91 Å². The third-order valence-corrected chi connectivity index (χ3v) is 4.97. The Morgan fingerprint density at radius 2 is 1.75 bits per heavy atom. The average Bonchev–Trinajstić information content (AvgIpc) is 3.11. The van der Waals surface area contributed by atoms with Crippen LogP contribution in [0.15, 0.2) is 48.7 Å². The minimum atomic E-state index is -0.442. The smallest absolute Gasteiger partial charge is 0.270 e. The van der Waals surface area contributed by atoms with E-state index in [-0.39, 0.29) is 17.9 Å². The molecule has 4 heteroatoms. The molecular formula is C20H26N2O2. The van der Waals surface area contributed by atoms with E-state index in [1.54, 1.807) is 0 Å². The third kappa shape index (κ3) is 3.39. The van der Waals surface area contributed by atoms with Gasteiger partial charge in [-0.15, -0.1) is 0 Å². The normalized spacial score (nSPS) is 17.2. The molecule has 4 nitrogen and oxygen atoms in total. The van der Waals surface area contributed by atoms with Gasteiger partial charge in [0.15, 0.2) is 0 Å². The highest BCUT2D eigenvalue weighted by Crippen LogP contribution is 2.31. The molecule has 1 aliphatic rings. The highest BCUT2D eigenvalue weighted by Gasteiger charge is 2.29. The van der Waals surface area contributed by atoms with Crippen LogP contribution in [-0.2, 0) is 0 Å². The van der Waals surface area contributed by atoms with Crippen molar-refractivity contribution >= 4 is 5.91 Å². The summed E-state index contributed by atoms with van der Waals surface area (Å²) in [5, 5.41) is 10.6. The van der Waals surface area contributed by atoms with Crippen LogP contribution in [-0.4, -0.2) is 33.6 Å². The fraction of sp³-hybridized carbons (Fsp3) is 0.450. The fourth-order valence-corrected chi connectivity index (χ4v) is 3.53. The van der Waals surface area contributed by atoms with E-state index in [1.165, 1.54) is 0 Å². The van der Waals surface area contributed by atoms with Gasteiger partial charge in [-0.3, -0.25) is 4.79 Å². The van der Waals surface area contributed by atoms with Crippen molar-refractivity contribution in [3.63, 3.8) is 0 Å². The molecule has 1 amide bonds. The summed E-state index contributed by atoms with van der Waals surface area (Å²) in [4.78, 5) is 14.7. The molecule has 1 aliphatic heterocycles. The number of likely N-dealkylation sites (tertiary alicyclic amines) is 1. The van der Waals surface area contributed by atoms with Crippen LogP contribution in [0.4, 0.5) is 0 Å². The second-order valence-corrected chi connectivity index (χ2v) is 6.88. The topological polar surface area (TPSA) is 45.5 Å². The van der Waals surface area contributed by atoms with E-state index in [4.69, 9.17) is 0 Å². The SMILES string of the molecule is CC(C)n1cccc1C(=O)N1CCC(C(O)c2ccccc2)CC1. The molecular weight excluding hydrogens is 300 g/mol. The van der Waals surface area contributed by atoms with E-state index in [2.05, 4.69) is 13.8 Å². The molecule has 1 unspecified atom stereocenters. The predicted molar refractivity (Wildman–Crippen MR) is 94.8 cm³/mol. The van der Waals surface area contributed by atoms with Crippen molar-refractivity contribution in [2.75, 3.05) is 13.1 Å². The van der Waals surface area contributed by atoms with Crippen LogP contribution in [0.2, 0.25) is 0 Å². The Morgan fingerprint density at radius 1 is 1.08 bits per heavy atom. The molecule has 2 heterocycles. The monoisotopic (exact) mass is 326 g/mol. The number of carbonyl (C=O) groups is 1. The van der Waals surface area contributed by atoms with Gasteiger partial charge in [0.05, 0.1) is 6.10 Å². The molecule has 1 N–H and O–H groups in total. The van der Waals surface area contributed by atoms with Crippen LogP contribution in [0.25, 0.3) is 0 Å². The Bertz CT molecular complexity index is 670. The van der Waals surface area contributed by atoms with Gasteiger partial charge in [0.2, 0.25) is 0 Å². The lowest BCUT2D eigenvalue weighted by atomic mass is 9.87. The molecule has 1 fully saturated rings. The molecule has 1 aromatic carbocycles. The number of aromatic nitrogens is 1. The first-order chi connectivity index (χ1) is 11.6. The highest BCUT2D eigenvalue weighted by atomic mass is 16.3. The molecule has 24 heavy (non-hydrogen) atoms. The zero-order valence-electron chi connectivity index (χ0n) is 14.4. The summed E-state index contributed by atoms with van der Waals surface area (Å²) in [6.07, 6.45) is 3.20. The Hall–Kier alpha value is -2.07. The van der Waals surface area contributed by atoms with Crippen LogP contribution < -0.4 is 0 Å². The molecule has 3 rings (SSSR count).